The highest BCUT2D eigenvalue weighted by atomic mass is 16.5. The van der Waals surface area contributed by atoms with Crippen molar-refractivity contribution >= 4 is 23.4 Å². The normalized spacial score (nSPS) is 15.7. The molecule has 0 spiro atoms. The van der Waals surface area contributed by atoms with Gasteiger partial charge in [0.25, 0.3) is 11.8 Å². The third-order valence-corrected chi connectivity index (χ3v) is 7.67. The molecule has 1 aromatic heterocycles. The first-order chi connectivity index (χ1) is 22.8. The van der Waals surface area contributed by atoms with Gasteiger partial charge in [0.15, 0.2) is 0 Å². The van der Waals surface area contributed by atoms with Crippen molar-refractivity contribution in [3.8, 4) is 0 Å². The molecule has 0 bridgehead atoms. The van der Waals surface area contributed by atoms with Crippen LogP contribution in [0.4, 0.5) is 0 Å². The van der Waals surface area contributed by atoms with E-state index in [9.17, 15) is 14.4 Å². The molecule has 0 saturated heterocycles. The van der Waals surface area contributed by atoms with E-state index in [-0.39, 0.29) is 49.9 Å². The molecule has 3 N–H and O–H groups in total. The Hall–Kier alpha value is -4.35. The first-order valence-electron chi connectivity index (χ1n) is 16.6. The van der Waals surface area contributed by atoms with Gasteiger partial charge in [-0.3, -0.25) is 24.3 Å². The van der Waals surface area contributed by atoms with Crippen LogP contribution in [-0.2, 0) is 20.7 Å². The molecule has 1 aliphatic carbocycles. The topological polar surface area (TPSA) is 136 Å². The lowest BCUT2D eigenvalue weighted by Crippen LogP contribution is -2.48. The van der Waals surface area contributed by atoms with Gasteiger partial charge >= 0.3 is 0 Å². The average Bonchev–Trinajstić information content (AvgIpc) is 3.93. The Morgan fingerprint density at radius 2 is 1.85 bits per heavy atom. The Bertz CT molecular complexity index is 1420. The molecule has 1 aliphatic heterocycles. The van der Waals surface area contributed by atoms with Gasteiger partial charge in [-0.1, -0.05) is 64.6 Å². The van der Waals surface area contributed by atoms with Gasteiger partial charge < -0.3 is 25.4 Å². The van der Waals surface area contributed by atoms with Gasteiger partial charge in [-0.2, -0.15) is 0 Å². The number of aliphatic imine (C=N–C) groups is 1. The van der Waals surface area contributed by atoms with Crippen LogP contribution >= 0.6 is 0 Å². The van der Waals surface area contributed by atoms with Crippen LogP contribution in [0.25, 0.3) is 0 Å². The van der Waals surface area contributed by atoms with Crippen molar-refractivity contribution in [2.45, 2.75) is 78.8 Å². The Kier molecular flexibility index (Phi) is 14.8. The first-order valence-corrected chi connectivity index (χ1v) is 16.6. The van der Waals surface area contributed by atoms with Crippen LogP contribution in [0.1, 0.15) is 81.9 Å². The van der Waals surface area contributed by atoms with Crippen LogP contribution in [0.3, 0.4) is 0 Å². The summed E-state index contributed by atoms with van der Waals surface area (Å²) in [6.07, 6.45) is 5.31. The monoisotopic (exact) mass is 646 g/mol. The summed E-state index contributed by atoms with van der Waals surface area (Å²) in [7, 11) is 0. The van der Waals surface area contributed by atoms with Crippen LogP contribution < -0.4 is 10.6 Å². The van der Waals surface area contributed by atoms with E-state index in [0.717, 1.165) is 36.1 Å². The average molecular weight is 647 g/mol. The summed E-state index contributed by atoms with van der Waals surface area (Å²) in [5, 5.41) is 14.5. The molecular formula is C36H50N6O5. The van der Waals surface area contributed by atoms with Crippen molar-refractivity contribution in [1.29, 1.82) is 0 Å². The van der Waals surface area contributed by atoms with Crippen molar-refractivity contribution in [3.63, 3.8) is 0 Å². The number of pyridine rings is 1. The predicted octanol–water partition coefficient (Wildman–Crippen LogP) is 4.19. The lowest BCUT2D eigenvalue weighted by atomic mass is 10.0. The Labute approximate surface area is 278 Å². The smallest absolute Gasteiger partial charge is 0.270 e. The zero-order chi connectivity index (χ0) is 34.3. The Balaban J connectivity index is 0.00000294. The number of carbonyl (C=O) groups excluding carboxylic acids is 3. The summed E-state index contributed by atoms with van der Waals surface area (Å²) in [5.41, 5.74) is 3.11. The number of ether oxygens (including phenoxy) is 1. The van der Waals surface area contributed by atoms with Crippen LogP contribution in [0.2, 0.25) is 0 Å². The zero-order valence-corrected chi connectivity index (χ0v) is 28.4. The molecule has 4 rings (SSSR count). The first kappa shape index (κ1) is 37.1. The number of nitrogens with one attached hydrogen (secondary N) is 2. The largest absolute Gasteiger partial charge is 0.394 e. The van der Waals surface area contributed by atoms with Gasteiger partial charge in [-0.15, -0.1) is 0 Å². The minimum Gasteiger partial charge on any atom is -0.394 e. The van der Waals surface area contributed by atoms with E-state index in [4.69, 9.17) is 14.8 Å². The number of hydrogen-bond donors (Lipinski definition) is 3. The van der Waals surface area contributed by atoms with E-state index < -0.39 is 11.9 Å². The molecular weight excluding hydrogens is 596 g/mol. The van der Waals surface area contributed by atoms with Gasteiger partial charge in [-0.25, -0.2) is 4.99 Å². The number of hydrogen-bond acceptors (Lipinski definition) is 8. The SMILES string of the molecule is C=C1N(CCC)C(/N=C(\CC)c2ccc(C(=O)N[C@H](Cc3ccccc3)C(=O)NCCOCCO)nc2)=C(C)C(=O)N1C1CC1.CC. The van der Waals surface area contributed by atoms with Gasteiger partial charge in [0, 0.05) is 37.3 Å². The highest BCUT2D eigenvalue weighted by molar-refractivity contribution is 6.03. The fourth-order valence-corrected chi connectivity index (χ4v) is 5.16. The maximum atomic E-state index is 13.3. The van der Waals surface area contributed by atoms with Crippen LogP contribution in [-0.4, -0.2) is 88.3 Å². The van der Waals surface area contributed by atoms with E-state index in [1.54, 1.807) is 23.2 Å². The number of amides is 3. The maximum Gasteiger partial charge on any atom is 0.270 e. The van der Waals surface area contributed by atoms with E-state index in [2.05, 4.69) is 29.1 Å². The summed E-state index contributed by atoms with van der Waals surface area (Å²) < 4.78 is 5.22. The van der Waals surface area contributed by atoms with Crippen molar-refractivity contribution in [3.05, 3.63) is 89.3 Å². The molecule has 1 aromatic carbocycles. The van der Waals surface area contributed by atoms with Crippen molar-refractivity contribution in [2.24, 2.45) is 4.99 Å². The van der Waals surface area contributed by atoms with Crippen LogP contribution in [0, 0.1) is 0 Å². The fourth-order valence-electron chi connectivity index (χ4n) is 5.16. The maximum absolute atomic E-state index is 13.3. The summed E-state index contributed by atoms with van der Waals surface area (Å²) >= 11 is 0. The lowest BCUT2D eigenvalue weighted by molar-refractivity contribution is -0.128. The van der Waals surface area contributed by atoms with Crippen molar-refractivity contribution in [1.82, 2.24) is 25.4 Å². The predicted molar refractivity (Wildman–Crippen MR) is 183 cm³/mol. The van der Waals surface area contributed by atoms with Gasteiger partial charge in [0.1, 0.15) is 23.4 Å². The standard InChI is InChI=1S/C34H44N6O5.C2H6/c1-5-17-39-24(4)40(27-13-14-27)34(44)23(3)31(39)37-28(6-2)26-12-15-29(36-22-26)33(43)38-30(21-25-10-8-7-9-11-25)32(42)35-16-19-45-20-18-41;1-2/h7-12,15,22,27,30,41H,4-6,13-14,16-21H2,1-3H3,(H,35,42)(H,38,43);1-2H3/b37-28+;/t30-;/m1./s1. The molecule has 2 heterocycles. The highest BCUT2D eigenvalue weighted by Crippen LogP contribution is 2.37. The van der Waals surface area contributed by atoms with Crippen molar-refractivity contribution in [2.75, 3.05) is 32.9 Å². The highest BCUT2D eigenvalue weighted by Gasteiger charge is 2.41. The summed E-state index contributed by atoms with van der Waals surface area (Å²) in [4.78, 5) is 52.7. The summed E-state index contributed by atoms with van der Waals surface area (Å²) in [5.74, 6) is 0.383. The molecule has 11 nitrogen and oxygen atoms in total. The van der Waals surface area contributed by atoms with Gasteiger partial charge in [0.05, 0.1) is 31.1 Å². The molecule has 1 atom stereocenters. The van der Waals surface area contributed by atoms with Crippen LogP contribution in [0.15, 0.2) is 77.4 Å². The van der Waals surface area contributed by atoms with Gasteiger partial charge in [0.2, 0.25) is 5.91 Å². The lowest BCUT2D eigenvalue weighted by Gasteiger charge is -2.39. The second-order valence-electron chi connectivity index (χ2n) is 11.1. The molecule has 0 unspecified atom stereocenters. The third kappa shape index (κ3) is 10.1. The number of rotatable bonds is 16. The summed E-state index contributed by atoms with van der Waals surface area (Å²) in [6.45, 7) is 15.4. The second kappa shape index (κ2) is 18.7. The Morgan fingerprint density at radius 3 is 2.45 bits per heavy atom. The minimum absolute atomic E-state index is 0.0546. The van der Waals surface area contributed by atoms with E-state index in [1.807, 2.05) is 62.9 Å². The molecule has 254 valence electrons. The molecule has 11 heteroatoms. The quantitative estimate of drug-likeness (QED) is 0.184. The molecule has 2 aliphatic rings. The third-order valence-electron chi connectivity index (χ3n) is 7.67. The molecule has 3 amide bonds. The Morgan fingerprint density at radius 1 is 1.13 bits per heavy atom. The van der Waals surface area contributed by atoms with Crippen molar-refractivity contribution < 1.29 is 24.2 Å². The molecule has 0 radical (unpaired) electrons. The fraction of sp³-hybridized carbons (Fsp3) is 0.472. The summed E-state index contributed by atoms with van der Waals surface area (Å²) in [6, 6.07) is 12.2. The number of nitrogens with zero attached hydrogens (tertiary/aromatic N) is 4. The minimum atomic E-state index is -0.835. The molecule has 47 heavy (non-hydrogen) atoms. The number of carbonyl (C=O) groups is 3. The molecule has 1 saturated carbocycles. The molecule has 2 aromatic rings. The number of aliphatic hydroxyl groups is 1. The second-order valence-corrected chi connectivity index (χ2v) is 11.1. The van der Waals surface area contributed by atoms with E-state index >= 15 is 0 Å². The van der Waals surface area contributed by atoms with Crippen LogP contribution in [0.5, 0.6) is 0 Å². The number of aromatic nitrogens is 1. The van der Waals surface area contributed by atoms with E-state index in [0.29, 0.717) is 36.6 Å². The number of benzene rings is 1. The van der Waals surface area contributed by atoms with E-state index in [1.165, 1.54) is 0 Å². The molecule has 1 fully saturated rings. The van der Waals surface area contributed by atoms with Gasteiger partial charge in [-0.05, 0) is 50.3 Å². The number of aliphatic hydroxyl groups excluding tert-OH is 1. The zero-order valence-electron chi connectivity index (χ0n) is 28.4.